The van der Waals surface area contributed by atoms with Crippen LogP contribution in [0.2, 0.25) is 0 Å². The molecule has 0 bridgehead atoms. The van der Waals surface area contributed by atoms with E-state index in [2.05, 4.69) is 4.98 Å². The SMILES string of the molecule is CC(=O)CN(C=O)c1ccnc(C(N)=O)c1.COc1c(C2CO[C@@](C)(C(F)(F)F)C2C)ccc(F)c1F. The fourth-order valence-corrected chi connectivity index (χ4v) is 3.83. The molecule has 0 spiro atoms. The zero-order valence-electron chi connectivity index (χ0n) is 20.4. The minimum absolute atomic E-state index is 0.0490. The van der Waals surface area contributed by atoms with Crippen molar-refractivity contribution in [3.05, 3.63) is 53.4 Å². The Labute approximate surface area is 209 Å². The van der Waals surface area contributed by atoms with Crippen LogP contribution in [0.1, 0.15) is 42.7 Å². The third-order valence-electron chi connectivity index (χ3n) is 6.13. The number of nitrogens with zero attached hydrogens (tertiary/aromatic N) is 2. The smallest absolute Gasteiger partial charge is 0.417 e. The summed E-state index contributed by atoms with van der Waals surface area (Å²) in [4.78, 5) is 37.4. The van der Waals surface area contributed by atoms with Crippen LogP contribution < -0.4 is 15.4 Å². The highest BCUT2D eigenvalue weighted by Gasteiger charge is 2.61. The Morgan fingerprint density at radius 2 is 1.95 bits per heavy atom. The molecule has 0 saturated carbocycles. The number of pyridine rings is 1. The number of anilines is 1. The van der Waals surface area contributed by atoms with Gasteiger partial charge in [-0.25, -0.2) is 4.39 Å². The lowest BCUT2D eigenvalue weighted by molar-refractivity contribution is -0.266. The molecule has 2 N–H and O–H groups in total. The predicted molar refractivity (Wildman–Crippen MR) is 122 cm³/mol. The number of benzene rings is 1. The van der Waals surface area contributed by atoms with Crippen LogP contribution in [0.25, 0.3) is 0 Å². The van der Waals surface area contributed by atoms with Gasteiger partial charge >= 0.3 is 6.18 Å². The van der Waals surface area contributed by atoms with Gasteiger partial charge < -0.3 is 20.1 Å². The van der Waals surface area contributed by atoms with Gasteiger partial charge in [0.1, 0.15) is 11.5 Å². The minimum Gasteiger partial charge on any atom is -0.493 e. The number of hydrogen-bond donors (Lipinski definition) is 1. The number of alkyl halides is 3. The van der Waals surface area contributed by atoms with Crippen molar-refractivity contribution in [1.82, 2.24) is 4.98 Å². The number of carbonyl (C=O) groups is 3. The Bertz CT molecular complexity index is 1160. The van der Waals surface area contributed by atoms with Crippen molar-refractivity contribution >= 4 is 23.8 Å². The number of ketones is 1. The molecular formula is C24H26F5N3O5. The van der Waals surface area contributed by atoms with Crippen molar-refractivity contribution in [2.45, 2.75) is 38.5 Å². The molecule has 1 saturated heterocycles. The Balaban J connectivity index is 0.000000271. The van der Waals surface area contributed by atoms with E-state index in [1.807, 2.05) is 0 Å². The normalized spacial score (nSPS) is 21.0. The Hall–Kier alpha value is -3.61. The molecule has 8 nitrogen and oxygen atoms in total. The zero-order chi connectivity index (χ0) is 28.1. The highest BCUT2D eigenvalue weighted by molar-refractivity contribution is 5.93. The third kappa shape index (κ3) is 6.40. The van der Waals surface area contributed by atoms with Crippen molar-refractivity contribution in [2.75, 3.05) is 25.2 Å². The summed E-state index contributed by atoms with van der Waals surface area (Å²) in [6, 6.07) is 5.00. The molecule has 1 fully saturated rings. The second kappa shape index (κ2) is 11.6. The van der Waals surface area contributed by atoms with Gasteiger partial charge in [-0.2, -0.15) is 17.6 Å². The number of halogens is 5. The molecule has 3 atom stereocenters. The highest BCUT2D eigenvalue weighted by atomic mass is 19.4. The summed E-state index contributed by atoms with van der Waals surface area (Å²) in [6.45, 7) is 3.42. The first kappa shape index (κ1) is 29.6. The van der Waals surface area contributed by atoms with Crippen LogP contribution in [0.15, 0.2) is 30.5 Å². The van der Waals surface area contributed by atoms with Crippen LogP contribution in [0.3, 0.4) is 0 Å². The highest BCUT2D eigenvalue weighted by Crippen LogP contribution is 2.51. The fourth-order valence-electron chi connectivity index (χ4n) is 3.83. The predicted octanol–water partition coefficient (Wildman–Crippen LogP) is 3.78. The van der Waals surface area contributed by atoms with Gasteiger partial charge in [0.05, 0.1) is 20.3 Å². The molecule has 2 heterocycles. The lowest BCUT2D eigenvalue weighted by Crippen LogP contribution is -2.46. The number of primary amides is 1. The molecule has 37 heavy (non-hydrogen) atoms. The van der Waals surface area contributed by atoms with Gasteiger partial charge in [-0.05, 0) is 32.0 Å². The van der Waals surface area contributed by atoms with Crippen molar-refractivity contribution < 1.29 is 45.8 Å². The Kier molecular flexibility index (Phi) is 9.31. The van der Waals surface area contributed by atoms with E-state index in [-0.39, 0.29) is 35.9 Å². The topological polar surface area (TPSA) is 112 Å². The maximum absolute atomic E-state index is 13.7. The van der Waals surface area contributed by atoms with Crippen LogP contribution >= 0.6 is 0 Å². The first-order chi connectivity index (χ1) is 17.2. The summed E-state index contributed by atoms with van der Waals surface area (Å²) < 4.78 is 76.0. The lowest BCUT2D eigenvalue weighted by Gasteiger charge is -2.32. The molecule has 0 aliphatic carbocycles. The molecule has 1 aromatic heterocycles. The minimum atomic E-state index is -4.55. The van der Waals surface area contributed by atoms with E-state index in [1.165, 1.54) is 43.1 Å². The van der Waals surface area contributed by atoms with Crippen molar-refractivity contribution in [3.8, 4) is 5.75 Å². The molecular weight excluding hydrogens is 505 g/mol. The number of Topliss-reactive ketones (excluding diaryl/α,β-unsaturated/α-hetero) is 1. The van der Waals surface area contributed by atoms with Crippen LogP contribution in [-0.4, -0.2) is 55.1 Å². The summed E-state index contributed by atoms with van der Waals surface area (Å²) in [5.74, 6) is -5.23. The second-order valence-corrected chi connectivity index (χ2v) is 8.49. The molecule has 13 heteroatoms. The quantitative estimate of drug-likeness (QED) is 0.430. The van der Waals surface area contributed by atoms with Gasteiger partial charge in [0, 0.05) is 29.3 Å². The van der Waals surface area contributed by atoms with Gasteiger partial charge in [0.2, 0.25) is 12.2 Å². The number of hydrogen-bond acceptors (Lipinski definition) is 6. The first-order valence-electron chi connectivity index (χ1n) is 10.9. The molecule has 2 unspecified atom stereocenters. The number of carbonyl (C=O) groups excluding carboxylic acids is 3. The largest absolute Gasteiger partial charge is 0.493 e. The van der Waals surface area contributed by atoms with E-state index in [1.54, 1.807) is 0 Å². The van der Waals surface area contributed by atoms with E-state index in [0.29, 0.717) is 12.1 Å². The Morgan fingerprint density at radius 1 is 1.30 bits per heavy atom. The van der Waals surface area contributed by atoms with Crippen LogP contribution in [0, 0.1) is 17.6 Å². The molecule has 1 aliphatic rings. The summed E-state index contributed by atoms with van der Waals surface area (Å²) in [5.41, 5.74) is 3.36. The average molecular weight is 531 g/mol. The van der Waals surface area contributed by atoms with Crippen LogP contribution in [0.4, 0.5) is 27.6 Å². The first-order valence-corrected chi connectivity index (χ1v) is 10.9. The number of aromatic nitrogens is 1. The van der Waals surface area contributed by atoms with Crippen molar-refractivity contribution in [2.24, 2.45) is 11.7 Å². The van der Waals surface area contributed by atoms with E-state index in [4.69, 9.17) is 15.2 Å². The number of ether oxygens (including phenoxy) is 2. The maximum atomic E-state index is 13.7. The van der Waals surface area contributed by atoms with E-state index < -0.39 is 41.2 Å². The lowest BCUT2D eigenvalue weighted by atomic mass is 9.79. The van der Waals surface area contributed by atoms with Crippen molar-refractivity contribution in [3.63, 3.8) is 0 Å². The standard InChI is InChI=1S/C14H15F5O2.C10H11N3O3/c1-7-9(6-21-13(7,2)14(17,18)19)8-4-5-10(15)11(16)12(8)20-3;1-7(15)5-13(6-14)8-2-3-12-9(4-8)10(11)16/h4-5,7,9H,6H2,1-3H3;2-4,6H,5H2,1H3,(H2,11,16)/t7?,9?,13-;/m1./s1. The number of nitrogens with two attached hydrogens (primary N) is 1. The van der Waals surface area contributed by atoms with Crippen LogP contribution in [0.5, 0.6) is 5.75 Å². The van der Waals surface area contributed by atoms with Gasteiger partial charge in [-0.15, -0.1) is 0 Å². The second-order valence-electron chi connectivity index (χ2n) is 8.49. The molecule has 2 amide bonds. The summed E-state index contributed by atoms with van der Waals surface area (Å²) in [7, 11) is 1.14. The zero-order valence-corrected chi connectivity index (χ0v) is 20.4. The monoisotopic (exact) mass is 531 g/mol. The molecule has 202 valence electrons. The van der Waals surface area contributed by atoms with E-state index in [0.717, 1.165) is 20.1 Å². The van der Waals surface area contributed by atoms with Crippen molar-refractivity contribution in [1.29, 1.82) is 0 Å². The molecule has 1 aromatic carbocycles. The molecule has 3 rings (SSSR count). The third-order valence-corrected chi connectivity index (χ3v) is 6.13. The van der Waals surface area contributed by atoms with Gasteiger partial charge in [0.25, 0.3) is 5.91 Å². The fraction of sp³-hybridized carbons (Fsp3) is 0.417. The summed E-state index contributed by atoms with van der Waals surface area (Å²) in [6.07, 6.45) is -2.68. The Morgan fingerprint density at radius 3 is 2.43 bits per heavy atom. The number of methoxy groups -OCH3 is 1. The molecule has 2 aromatic rings. The van der Waals surface area contributed by atoms with Gasteiger partial charge in [-0.1, -0.05) is 13.0 Å². The molecule has 1 aliphatic heterocycles. The average Bonchev–Trinajstić information content (AvgIpc) is 3.15. The number of rotatable bonds is 7. The maximum Gasteiger partial charge on any atom is 0.417 e. The van der Waals surface area contributed by atoms with E-state index in [9.17, 15) is 36.3 Å². The van der Waals surface area contributed by atoms with E-state index >= 15 is 0 Å². The van der Waals surface area contributed by atoms with Crippen LogP contribution in [-0.2, 0) is 14.3 Å². The summed E-state index contributed by atoms with van der Waals surface area (Å²) >= 11 is 0. The number of amides is 2. The summed E-state index contributed by atoms with van der Waals surface area (Å²) in [5, 5.41) is 0. The molecule has 0 radical (unpaired) electrons. The van der Waals surface area contributed by atoms with Gasteiger partial charge in [-0.3, -0.25) is 19.4 Å². The van der Waals surface area contributed by atoms with Gasteiger partial charge in [0.15, 0.2) is 17.2 Å².